The minimum atomic E-state index is -0.465. The summed E-state index contributed by atoms with van der Waals surface area (Å²) in [5, 5.41) is 6.38. The monoisotopic (exact) mass is 514 g/mol. The predicted molar refractivity (Wildman–Crippen MR) is 138 cm³/mol. The number of benzene rings is 2. The number of hydrogen-bond acceptors (Lipinski definition) is 5. The van der Waals surface area contributed by atoms with E-state index in [1.54, 1.807) is 25.1 Å². The standard InChI is InChI=1S/C24H20Cl2N4O3S/c1-12-7-8-16(13(2)9-12)29-22(32)21-14(3)19-23(34-21)27-11-30(24(19)33)10-18(31)28-17-6-4-5-15(25)20(17)26/h4-9,11H,10H2,1-3H3,(H,28,31)(H,29,32). The van der Waals surface area contributed by atoms with E-state index in [9.17, 15) is 14.4 Å². The number of aryl methyl sites for hydroxylation is 3. The van der Waals surface area contributed by atoms with Gasteiger partial charge in [-0.2, -0.15) is 0 Å². The summed E-state index contributed by atoms with van der Waals surface area (Å²) in [6.45, 7) is 5.33. The topological polar surface area (TPSA) is 93.1 Å². The van der Waals surface area contributed by atoms with Crippen molar-refractivity contribution in [3.05, 3.63) is 84.7 Å². The van der Waals surface area contributed by atoms with Crippen LogP contribution < -0.4 is 16.2 Å². The van der Waals surface area contributed by atoms with Crippen LogP contribution in [0.1, 0.15) is 26.4 Å². The third kappa shape index (κ3) is 4.70. The van der Waals surface area contributed by atoms with Gasteiger partial charge in [-0.1, -0.05) is 47.0 Å². The number of fused-ring (bicyclic) bond motifs is 1. The Morgan fingerprint density at radius 2 is 1.82 bits per heavy atom. The summed E-state index contributed by atoms with van der Waals surface area (Å²) in [5.74, 6) is -0.778. The van der Waals surface area contributed by atoms with E-state index in [0.717, 1.165) is 22.5 Å². The van der Waals surface area contributed by atoms with Gasteiger partial charge >= 0.3 is 0 Å². The second-order valence-corrected chi connectivity index (χ2v) is 9.62. The van der Waals surface area contributed by atoms with Crippen molar-refractivity contribution in [2.75, 3.05) is 10.6 Å². The molecular formula is C24H20Cl2N4O3S. The van der Waals surface area contributed by atoms with Gasteiger partial charge in [0.05, 0.1) is 32.3 Å². The van der Waals surface area contributed by atoms with Crippen molar-refractivity contribution in [3.8, 4) is 0 Å². The fourth-order valence-electron chi connectivity index (χ4n) is 3.57. The molecule has 34 heavy (non-hydrogen) atoms. The lowest BCUT2D eigenvalue weighted by molar-refractivity contribution is -0.116. The minimum absolute atomic E-state index is 0.214. The van der Waals surface area contributed by atoms with Gasteiger partial charge in [-0.05, 0) is 50.1 Å². The summed E-state index contributed by atoms with van der Waals surface area (Å²) < 4.78 is 1.20. The molecule has 0 spiro atoms. The van der Waals surface area contributed by atoms with Crippen LogP contribution in [0.25, 0.3) is 10.2 Å². The third-order valence-corrected chi connectivity index (χ3v) is 7.31. The SMILES string of the molecule is Cc1ccc(NC(=O)c2sc3ncn(CC(=O)Nc4cccc(Cl)c4Cl)c(=O)c3c2C)c(C)c1. The maximum absolute atomic E-state index is 13.1. The zero-order valence-electron chi connectivity index (χ0n) is 18.5. The lowest BCUT2D eigenvalue weighted by Gasteiger charge is -2.09. The minimum Gasteiger partial charge on any atom is -0.323 e. The number of nitrogens with one attached hydrogen (secondary N) is 2. The highest BCUT2D eigenvalue weighted by Crippen LogP contribution is 2.30. The maximum Gasteiger partial charge on any atom is 0.266 e. The van der Waals surface area contributed by atoms with Crippen molar-refractivity contribution in [2.45, 2.75) is 27.3 Å². The van der Waals surface area contributed by atoms with Crippen LogP contribution in [0.2, 0.25) is 10.0 Å². The summed E-state index contributed by atoms with van der Waals surface area (Å²) >= 11 is 13.2. The number of anilines is 2. The van der Waals surface area contributed by atoms with Crippen LogP contribution in [-0.4, -0.2) is 21.4 Å². The van der Waals surface area contributed by atoms with Crippen LogP contribution in [0.3, 0.4) is 0 Å². The van der Waals surface area contributed by atoms with E-state index < -0.39 is 11.5 Å². The van der Waals surface area contributed by atoms with E-state index in [0.29, 0.717) is 37.1 Å². The highest BCUT2D eigenvalue weighted by Gasteiger charge is 2.21. The summed E-state index contributed by atoms with van der Waals surface area (Å²) in [4.78, 5) is 43.7. The first-order valence-corrected chi connectivity index (χ1v) is 11.8. The molecule has 0 unspecified atom stereocenters. The van der Waals surface area contributed by atoms with E-state index in [1.807, 2.05) is 32.0 Å². The van der Waals surface area contributed by atoms with E-state index >= 15 is 0 Å². The van der Waals surface area contributed by atoms with Crippen molar-refractivity contribution >= 4 is 67.9 Å². The van der Waals surface area contributed by atoms with Crippen molar-refractivity contribution < 1.29 is 9.59 Å². The Morgan fingerprint density at radius 1 is 1.06 bits per heavy atom. The lowest BCUT2D eigenvalue weighted by Crippen LogP contribution is -2.28. The second kappa shape index (κ2) is 9.58. The highest BCUT2D eigenvalue weighted by molar-refractivity contribution is 7.20. The molecule has 0 radical (unpaired) electrons. The number of carbonyl (C=O) groups excluding carboxylic acids is 2. The van der Waals surface area contributed by atoms with Crippen LogP contribution in [0.5, 0.6) is 0 Å². The van der Waals surface area contributed by atoms with Crippen molar-refractivity contribution in [3.63, 3.8) is 0 Å². The first-order chi connectivity index (χ1) is 16.2. The smallest absolute Gasteiger partial charge is 0.266 e. The van der Waals surface area contributed by atoms with E-state index in [2.05, 4.69) is 15.6 Å². The molecule has 2 aromatic carbocycles. The van der Waals surface area contributed by atoms with Gasteiger partial charge in [-0.25, -0.2) is 4.98 Å². The molecule has 4 rings (SSSR count). The molecule has 2 aromatic heterocycles. The highest BCUT2D eigenvalue weighted by atomic mass is 35.5. The van der Waals surface area contributed by atoms with Crippen molar-refractivity contribution in [1.29, 1.82) is 0 Å². The van der Waals surface area contributed by atoms with Gasteiger partial charge in [-0.3, -0.25) is 19.0 Å². The fourth-order valence-corrected chi connectivity index (χ4v) is 4.95. The van der Waals surface area contributed by atoms with Gasteiger partial charge < -0.3 is 10.6 Å². The quantitative estimate of drug-likeness (QED) is 0.363. The molecule has 2 N–H and O–H groups in total. The first-order valence-electron chi connectivity index (χ1n) is 10.3. The molecule has 4 aromatic rings. The zero-order chi connectivity index (χ0) is 24.6. The maximum atomic E-state index is 13.1. The first kappa shape index (κ1) is 23.9. The molecule has 0 fully saturated rings. The molecular weight excluding hydrogens is 495 g/mol. The Kier molecular flexibility index (Phi) is 6.74. The molecule has 0 aliphatic carbocycles. The normalized spacial score (nSPS) is 11.0. The van der Waals surface area contributed by atoms with Gasteiger partial charge in [0.1, 0.15) is 11.4 Å². The predicted octanol–water partition coefficient (Wildman–Crippen LogP) is 5.58. The van der Waals surface area contributed by atoms with Crippen LogP contribution >= 0.6 is 34.5 Å². The Hall–Kier alpha value is -3.20. The number of carbonyl (C=O) groups is 2. The Balaban J connectivity index is 1.59. The van der Waals surface area contributed by atoms with E-state index in [1.165, 1.54) is 10.9 Å². The van der Waals surface area contributed by atoms with Gasteiger partial charge in [0, 0.05) is 5.69 Å². The Morgan fingerprint density at radius 3 is 2.56 bits per heavy atom. The van der Waals surface area contributed by atoms with Gasteiger partial charge in [-0.15, -0.1) is 11.3 Å². The molecule has 2 heterocycles. The van der Waals surface area contributed by atoms with E-state index in [4.69, 9.17) is 23.2 Å². The van der Waals surface area contributed by atoms with Gasteiger partial charge in [0.15, 0.2) is 0 Å². The molecule has 10 heteroatoms. The molecule has 0 saturated heterocycles. The van der Waals surface area contributed by atoms with E-state index in [-0.39, 0.29) is 17.5 Å². The van der Waals surface area contributed by atoms with Crippen LogP contribution in [0, 0.1) is 20.8 Å². The molecule has 0 aliphatic heterocycles. The summed E-state index contributed by atoms with van der Waals surface area (Å²) in [7, 11) is 0. The third-order valence-electron chi connectivity index (χ3n) is 5.29. The summed E-state index contributed by atoms with van der Waals surface area (Å²) in [5.41, 5.74) is 3.20. The average molecular weight is 515 g/mol. The summed E-state index contributed by atoms with van der Waals surface area (Å²) in [6.07, 6.45) is 1.30. The molecule has 2 amide bonds. The molecule has 0 bridgehead atoms. The van der Waals surface area contributed by atoms with Crippen LogP contribution in [0.15, 0.2) is 47.5 Å². The molecule has 174 valence electrons. The lowest BCUT2D eigenvalue weighted by atomic mass is 10.1. The number of halogens is 2. The fraction of sp³-hybridized carbons (Fsp3) is 0.167. The number of hydrogen-bond donors (Lipinski definition) is 2. The second-order valence-electron chi connectivity index (χ2n) is 7.84. The Bertz CT molecular complexity index is 1510. The average Bonchev–Trinajstić information content (AvgIpc) is 3.12. The molecule has 0 saturated carbocycles. The molecule has 0 atom stereocenters. The summed E-state index contributed by atoms with van der Waals surface area (Å²) in [6, 6.07) is 10.6. The number of rotatable bonds is 5. The van der Waals surface area contributed by atoms with Gasteiger partial charge in [0.2, 0.25) is 5.91 Å². The number of aromatic nitrogens is 2. The van der Waals surface area contributed by atoms with Crippen molar-refractivity contribution in [2.24, 2.45) is 0 Å². The number of amides is 2. The largest absolute Gasteiger partial charge is 0.323 e. The van der Waals surface area contributed by atoms with Gasteiger partial charge in [0.25, 0.3) is 11.5 Å². The Labute approximate surface area is 209 Å². The van der Waals surface area contributed by atoms with Crippen LogP contribution in [-0.2, 0) is 11.3 Å². The van der Waals surface area contributed by atoms with Crippen molar-refractivity contribution in [1.82, 2.24) is 9.55 Å². The molecule has 7 nitrogen and oxygen atoms in total. The zero-order valence-corrected chi connectivity index (χ0v) is 20.9. The van der Waals surface area contributed by atoms with Crippen LogP contribution in [0.4, 0.5) is 11.4 Å². The number of thiophene rings is 1. The number of nitrogens with zero attached hydrogens (tertiary/aromatic N) is 2. The molecule has 0 aliphatic rings.